The van der Waals surface area contributed by atoms with Crippen LogP contribution in [0, 0.1) is 0 Å². The molecule has 1 aromatic heterocycles. The predicted molar refractivity (Wildman–Crippen MR) is 95.5 cm³/mol. The number of aromatic nitrogens is 1. The van der Waals surface area contributed by atoms with Gasteiger partial charge in [0.15, 0.2) is 0 Å². The van der Waals surface area contributed by atoms with Crippen LogP contribution in [0.3, 0.4) is 0 Å². The van der Waals surface area contributed by atoms with Gasteiger partial charge in [-0.05, 0) is 25.1 Å². The molecule has 0 amide bonds. The summed E-state index contributed by atoms with van der Waals surface area (Å²) < 4.78 is 0. The maximum absolute atomic E-state index is 4.10. The molecule has 3 nitrogen and oxygen atoms in total. The van der Waals surface area contributed by atoms with Crippen LogP contribution in [0.1, 0.15) is 58.3 Å². The van der Waals surface area contributed by atoms with Gasteiger partial charge in [0.1, 0.15) is 0 Å². The minimum Gasteiger partial charge on any atom is -0.369 e. The average molecular weight is 303 g/mol. The smallest absolute Gasteiger partial charge is 0.0397 e. The number of unbranched alkanes of at least 4 members (excludes halogenated alkanes) is 7. The second-order valence-corrected chi connectivity index (χ2v) is 6.51. The highest BCUT2D eigenvalue weighted by molar-refractivity contribution is 5.44. The fraction of sp³-hybridized carbons (Fsp3) is 0.737. The molecule has 1 aliphatic heterocycles. The van der Waals surface area contributed by atoms with Gasteiger partial charge >= 0.3 is 0 Å². The normalized spacial score (nSPS) is 16.1. The Morgan fingerprint density at radius 2 is 1.41 bits per heavy atom. The highest BCUT2D eigenvalue weighted by Crippen LogP contribution is 2.15. The summed E-state index contributed by atoms with van der Waals surface area (Å²) in [7, 11) is 0. The lowest BCUT2D eigenvalue weighted by Crippen LogP contribution is -2.46. The van der Waals surface area contributed by atoms with E-state index in [-0.39, 0.29) is 0 Å². The number of anilines is 1. The Morgan fingerprint density at radius 3 is 2.05 bits per heavy atom. The highest BCUT2D eigenvalue weighted by atomic mass is 15.3. The van der Waals surface area contributed by atoms with Gasteiger partial charge in [0.2, 0.25) is 0 Å². The number of hydrogen-bond acceptors (Lipinski definition) is 3. The molecule has 0 N–H and O–H groups in total. The van der Waals surface area contributed by atoms with Crippen LogP contribution in [0.25, 0.3) is 0 Å². The molecule has 124 valence electrons. The Bertz CT molecular complexity index is 372. The molecule has 0 unspecified atom stereocenters. The molecule has 0 saturated carbocycles. The van der Waals surface area contributed by atoms with E-state index in [0.29, 0.717) is 0 Å². The quantitative estimate of drug-likeness (QED) is 0.599. The fourth-order valence-electron chi connectivity index (χ4n) is 3.25. The Labute approximate surface area is 136 Å². The van der Waals surface area contributed by atoms with Crippen molar-refractivity contribution in [3.05, 3.63) is 24.5 Å². The van der Waals surface area contributed by atoms with E-state index in [1.807, 2.05) is 12.4 Å². The minimum atomic E-state index is 1.15. The van der Waals surface area contributed by atoms with Gasteiger partial charge in [0.05, 0.1) is 0 Å². The lowest BCUT2D eigenvalue weighted by atomic mass is 10.1. The SMILES string of the molecule is CCCCCCCCCCN1CCN(c2ccncc2)CC1. The maximum atomic E-state index is 4.10. The van der Waals surface area contributed by atoms with Crippen LogP contribution in [-0.2, 0) is 0 Å². The molecule has 3 heteroatoms. The summed E-state index contributed by atoms with van der Waals surface area (Å²) in [6.07, 6.45) is 15.1. The van der Waals surface area contributed by atoms with E-state index >= 15 is 0 Å². The lowest BCUT2D eigenvalue weighted by Gasteiger charge is -2.36. The van der Waals surface area contributed by atoms with Crippen molar-refractivity contribution >= 4 is 5.69 Å². The Balaban J connectivity index is 1.49. The molecule has 0 spiro atoms. The summed E-state index contributed by atoms with van der Waals surface area (Å²) >= 11 is 0. The average Bonchev–Trinajstić information content (AvgIpc) is 2.59. The van der Waals surface area contributed by atoms with Crippen molar-refractivity contribution in [3.63, 3.8) is 0 Å². The molecular weight excluding hydrogens is 270 g/mol. The molecule has 22 heavy (non-hydrogen) atoms. The molecule has 2 rings (SSSR count). The summed E-state index contributed by atoms with van der Waals surface area (Å²) in [5.41, 5.74) is 1.32. The fourth-order valence-corrected chi connectivity index (χ4v) is 3.25. The summed E-state index contributed by atoms with van der Waals surface area (Å²) in [5.74, 6) is 0. The van der Waals surface area contributed by atoms with Crippen molar-refractivity contribution in [1.82, 2.24) is 9.88 Å². The van der Waals surface area contributed by atoms with Crippen molar-refractivity contribution < 1.29 is 0 Å². The van der Waals surface area contributed by atoms with Crippen LogP contribution in [0.5, 0.6) is 0 Å². The van der Waals surface area contributed by atoms with Gasteiger partial charge < -0.3 is 4.90 Å². The molecule has 0 aliphatic carbocycles. The van der Waals surface area contributed by atoms with Crippen LogP contribution in [0.4, 0.5) is 5.69 Å². The van der Waals surface area contributed by atoms with Crippen molar-refractivity contribution in [2.24, 2.45) is 0 Å². The largest absolute Gasteiger partial charge is 0.369 e. The molecule has 0 bridgehead atoms. The van der Waals surface area contributed by atoms with Crippen LogP contribution >= 0.6 is 0 Å². The monoisotopic (exact) mass is 303 g/mol. The molecule has 1 aromatic rings. The van der Waals surface area contributed by atoms with Crippen LogP contribution in [0.15, 0.2) is 24.5 Å². The first-order valence-electron chi connectivity index (χ1n) is 9.27. The van der Waals surface area contributed by atoms with Crippen LogP contribution < -0.4 is 4.90 Å². The first-order chi connectivity index (χ1) is 10.9. The number of rotatable bonds is 10. The third-order valence-electron chi connectivity index (χ3n) is 4.73. The first-order valence-corrected chi connectivity index (χ1v) is 9.27. The van der Waals surface area contributed by atoms with E-state index in [0.717, 1.165) is 13.1 Å². The topological polar surface area (TPSA) is 19.4 Å². The van der Waals surface area contributed by atoms with Gasteiger partial charge in [-0.3, -0.25) is 9.88 Å². The molecular formula is C19H33N3. The van der Waals surface area contributed by atoms with Crippen molar-refractivity contribution in [3.8, 4) is 0 Å². The highest BCUT2D eigenvalue weighted by Gasteiger charge is 2.16. The van der Waals surface area contributed by atoms with E-state index in [1.165, 1.54) is 76.7 Å². The van der Waals surface area contributed by atoms with Crippen molar-refractivity contribution in [2.45, 2.75) is 58.3 Å². The van der Waals surface area contributed by atoms with Gasteiger partial charge in [-0.2, -0.15) is 0 Å². The Kier molecular flexibility index (Phi) is 8.32. The number of nitrogens with zero attached hydrogens (tertiary/aromatic N) is 3. The second-order valence-electron chi connectivity index (χ2n) is 6.51. The third-order valence-corrected chi connectivity index (χ3v) is 4.73. The van der Waals surface area contributed by atoms with E-state index in [1.54, 1.807) is 0 Å². The van der Waals surface area contributed by atoms with Crippen molar-refractivity contribution in [2.75, 3.05) is 37.6 Å². The summed E-state index contributed by atoms with van der Waals surface area (Å²) in [6, 6.07) is 4.24. The summed E-state index contributed by atoms with van der Waals surface area (Å²) in [5, 5.41) is 0. The summed E-state index contributed by atoms with van der Waals surface area (Å²) in [6.45, 7) is 8.30. The van der Waals surface area contributed by atoms with Gasteiger partial charge in [0.25, 0.3) is 0 Å². The van der Waals surface area contributed by atoms with E-state index in [4.69, 9.17) is 0 Å². The zero-order valence-corrected chi connectivity index (χ0v) is 14.3. The first kappa shape index (κ1) is 17.3. The van der Waals surface area contributed by atoms with Gasteiger partial charge in [-0.25, -0.2) is 0 Å². The molecule has 1 saturated heterocycles. The molecule has 0 atom stereocenters. The third kappa shape index (κ3) is 6.35. The van der Waals surface area contributed by atoms with E-state index < -0.39 is 0 Å². The predicted octanol–water partition coefficient (Wildman–Crippen LogP) is 4.34. The van der Waals surface area contributed by atoms with Crippen LogP contribution in [0.2, 0.25) is 0 Å². The van der Waals surface area contributed by atoms with Crippen LogP contribution in [-0.4, -0.2) is 42.6 Å². The minimum absolute atomic E-state index is 1.15. The molecule has 1 fully saturated rings. The number of pyridine rings is 1. The number of piperazine rings is 1. The molecule has 1 aliphatic rings. The zero-order valence-electron chi connectivity index (χ0n) is 14.3. The number of hydrogen-bond donors (Lipinski definition) is 0. The van der Waals surface area contributed by atoms with E-state index in [9.17, 15) is 0 Å². The van der Waals surface area contributed by atoms with E-state index in [2.05, 4.69) is 33.8 Å². The lowest BCUT2D eigenvalue weighted by molar-refractivity contribution is 0.252. The summed E-state index contributed by atoms with van der Waals surface area (Å²) in [4.78, 5) is 9.21. The van der Waals surface area contributed by atoms with Gasteiger partial charge in [0, 0.05) is 44.3 Å². The standard InChI is InChI=1S/C19H33N3/c1-2-3-4-5-6-7-8-9-14-21-15-17-22(18-16-21)19-10-12-20-13-11-19/h10-13H,2-9,14-18H2,1H3. The van der Waals surface area contributed by atoms with Crippen molar-refractivity contribution in [1.29, 1.82) is 0 Å². The van der Waals surface area contributed by atoms with Gasteiger partial charge in [-0.1, -0.05) is 51.9 Å². The Morgan fingerprint density at radius 1 is 0.818 bits per heavy atom. The zero-order chi connectivity index (χ0) is 15.5. The molecule has 0 radical (unpaired) electrons. The second kappa shape index (κ2) is 10.6. The molecule has 2 heterocycles. The molecule has 0 aromatic carbocycles. The maximum Gasteiger partial charge on any atom is 0.0397 e. The van der Waals surface area contributed by atoms with Gasteiger partial charge in [-0.15, -0.1) is 0 Å². The Hall–Kier alpha value is -1.09.